The molecular formula is C53H85NO22. The molecule has 76 heavy (non-hydrogen) atoms. The van der Waals surface area contributed by atoms with E-state index in [9.17, 15) is 81.1 Å². The van der Waals surface area contributed by atoms with Gasteiger partial charge in [0.2, 0.25) is 0 Å². The summed E-state index contributed by atoms with van der Waals surface area (Å²) in [5.41, 5.74) is 6.44. The predicted molar refractivity (Wildman–Crippen MR) is 270 cm³/mol. The van der Waals surface area contributed by atoms with Gasteiger partial charge in [-0.05, 0) is 52.4 Å². The molecule has 4 rings (SSSR count). The number of hydrogen-bond acceptors (Lipinski definition) is 22. The van der Waals surface area contributed by atoms with Gasteiger partial charge in [0.25, 0.3) is 0 Å². The number of carboxylic acid groups (broad SMARTS) is 1. The summed E-state index contributed by atoms with van der Waals surface area (Å²) in [5.74, 6) is -7.11. The van der Waals surface area contributed by atoms with Crippen LogP contribution >= 0.6 is 0 Å². The molecule has 4 aliphatic rings. The number of aliphatic hydroxyl groups excluding tert-OH is 12. The van der Waals surface area contributed by atoms with Crippen molar-refractivity contribution in [1.29, 1.82) is 0 Å². The van der Waals surface area contributed by atoms with Crippen LogP contribution in [0.25, 0.3) is 0 Å². The SMILES string of the molecule is C[C@@H]1[C@H](O)[C@@H](C)C=CC=CCCC=CC=CC=CC=C[C@H](O[C@@H]2O[C@H](C)[C@@H](O[C@H]3O[C@@H](CO)[C@H](O)[C@@H](O)[C@@H]3O)[C@H](N)[C@@H]2O)C[C@H]2O[C@](O)(C[C@@H](O)[C@H](O)CC[C@@H](O)C[C@@H](O)C[C@H](O)CC(=O)O[C@H]1C)C[C@H](O)[C@H]2C(=O)O. The maximum Gasteiger partial charge on any atom is 0.311 e. The van der Waals surface area contributed by atoms with Crippen molar-refractivity contribution < 1.29 is 110 Å². The highest BCUT2D eigenvalue weighted by molar-refractivity contribution is 5.71. The number of ether oxygens (including phenoxy) is 6. The highest BCUT2D eigenvalue weighted by Crippen LogP contribution is 2.39. The Bertz CT molecular complexity index is 1930. The molecule has 0 unspecified atom stereocenters. The minimum atomic E-state index is -2.43. The van der Waals surface area contributed by atoms with Crippen molar-refractivity contribution in [2.24, 2.45) is 23.5 Å². The van der Waals surface area contributed by atoms with Gasteiger partial charge >= 0.3 is 11.9 Å². The molecule has 2 bridgehead atoms. The van der Waals surface area contributed by atoms with Crippen molar-refractivity contribution >= 4 is 11.9 Å². The fraction of sp³-hybridized carbons (Fsp3) is 0.736. The van der Waals surface area contributed by atoms with E-state index in [1.54, 1.807) is 44.2 Å². The number of esters is 1. The third-order valence-corrected chi connectivity index (χ3v) is 14.3. The quantitative estimate of drug-likeness (QED) is 0.138. The molecule has 0 amide bonds. The third-order valence-electron chi connectivity index (χ3n) is 14.3. The first kappa shape index (κ1) is 65.1. The Labute approximate surface area is 443 Å². The molecule has 0 saturated carbocycles. The van der Waals surface area contributed by atoms with Crippen LogP contribution in [0.5, 0.6) is 0 Å². The summed E-state index contributed by atoms with van der Waals surface area (Å²) in [7, 11) is 0. The third kappa shape index (κ3) is 19.8. The molecular weight excluding hydrogens is 1000 g/mol. The second kappa shape index (κ2) is 31.4. The van der Waals surface area contributed by atoms with Crippen molar-refractivity contribution in [3.05, 3.63) is 72.9 Å². The molecule has 4 aliphatic heterocycles. The first-order chi connectivity index (χ1) is 35.9. The van der Waals surface area contributed by atoms with Gasteiger partial charge in [0.1, 0.15) is 48.6 Å². The monoisotopic (exact) mass is 1090 g/mol. The Morgan fingerprint density at radius 2 is 1.25 bits per heavy atom. The molecule has 4 heterocycles. The van der Waals surface area contributed by atoms with Gasteiger partial charge in [-0.1, -0.05) is 86.8 Å². The van der Waals surface area contributed by atoms with Gasteiger partial charge in [-0.2, -0.15) is 0 Å². The summed E-state index contributed by atoms with van der Waals surface area (Å²) in [6, 6.07) is -1.33. The van der Waals surface area contributed by atoms with E-state index in [0.29, 0.717) is 6.42 Å². The van der Waals surface area contributed by atoms with E-state index >= 15 is 0 Å². The molecule has 24 atom stereocenters. The van der Waals surface area contributed by atoms with Crippen LogP contribution in [0, 0.1) is 17.8 Å². The molecule has 23 heteroatoms. The van der Waals surface area contributed by atoms with Crippen molar-refractivity contribution in [2.45, 2.75) is 220 Å². The van der Waals surface area contributed by atoms with Gasteiger partial charge in [-0.15, -0.1) is 0 Å². The van der Waals surface area contributed by atoms with E-state index in [1.165, 1.54) is 13.0 Å². The maximum absolute atomic E-state index is 12.7. The smallest absolute Gasteiger partial charge is 0.311 e. The lowest BCUT2D eigenvalue weighted by Gasteiger charge is -2.47. The summed E-state index contributed by atoms with van der Waals surface area (Å²) >= 11 is 0. The maximum atomic E-state index is 12.7. The van der Waals surface area contributed by atoms with E-state index in [1.807, 2.05) is 43.4 Å². The van der Waals surface area contributed by atoms with Crippen LogP contribution in [0.3, 0.4) is 0 Å². The van der Waals surface area contributed by atoms with Crippen LogP contribution in [0.2, 0.25) is 0 Å². The van der Waals surface area contributed by atoms with Crippen molar-refractivity contribution in [2.75, 3.05) is 6.61 Å². The molecule has 0 aromatic rings. The van der Waals surface area contributed by atoms with Gasteiger partial charge < -0.3 is 106 Å². The molecule has 0 aromatic carbocycles. The standard InChI is InChI=1S/C53H85NO22/c1-28-17-15-13-11-9-7-5-6-8-10-12-14-16-18-35(73-51-46(65)43(54)49(31(4)72-51)75-52-48(67)47(66)45(64)40(27-55)74-52)24-39-42(50(68)69)38(61)26-53(70,76-39)25-37(60)36(59)20-19-32(56)21-33(57)22-34(58)23-41(62)71-30(3)29(2)44(28)63/h5-6,8,10-18,28-40,42-49,51-52,55-61,63-67,70H,7,9,19-27,54H2,1-4H3,(H,68,69)/t28-,29-,30-,31+,32+,33+,34-,35-,36+,37+,38-,39+,40-,42+,43+,44+,45-,46-,47+,48-,49+,51-,52+,53+/m0/s1. The molecule has 16 N–H and O–H groups in total. The minimum absolute atomic E-state index is 0.176. The number of aliphatic hydroxyl groups is 13. The van der Waals surface area contributed by atoms with E-state index in [0.717, 1.165) is 6.42 Å². The minimum Gasteiger partial charge on any atom is -0.481 e. The number of carboxylic acids is 1. The summed E-state index contributed by atoms with van der Waals surface area (Å²) in [6.07, 6.45) is -7.79. The molecule has 3 fully saturated rings. The largest absolute Gasteiger partial charge is 0.481 e. The number of rotatable bonds is 6. The van der Waals surface area contributed by atoms with Crippen LogP contribution in [0.4, 0.5) is 0 Å². The lowest BCUT2D eigenvalue weighted by atomic mass is 9.82. The Kier molecular flexibility index (Phi) is 26.9. The second-order valence-corrected chi connectivity index (χ2v) is 20.7. The fourth-order valence-electron chi connectivity index (χ4n) is 9.64. The molecule has 23 nitrogen and oxygen atoms in total. The van der Waals surface area contributed by atoms with Crippen LogP contribution < -0.4 is 5.73 Å². The number of cyclic esters (lactones) is 1. The van der Waals surface area contributed by atoms with E-state index < -0.39 is 184 Å². The lowest BCUT2D eigenvalue weighted by Crippen LogP contribution is -2.66. The number of hydrogen-bond donors (Lipinski definition) is 15. The Morgan fingerprint density at radius 3 is 1.91 bits per heavy atom. The number of carbonyl (C=O) groups excluding carboxylic acids is 1. The molecule has 0 aromatic heterocycles. The molecule has 434 valence electrons. The second-order valence-electron chi connectivity index (χ2n) is 20.7. The van der Waals surface area contributed by atoms with E-state index in [-0.39, 0.29) is 31.6 Å². The average Bonchev–Trinajstić information content (AvgIpc) is 3.34. The molecule has 0 spiro atoms. The van der Waals surface area contributed by atoms with Crippen LogP contribution in [-0.4, -0.2) is 218 Å². The van der Waals surface area contributed by atoms with Crippen molar-refractivity contribution in [1.82, 2.24) is 0 Å². The molecule has 0 radical (unpaired) electrons. The molecule has 0 aliphatic carbocycles. The Morgan fingerprint density at radius 1 is 0.658 bits per heavy atom. The normalized spacial score (nSPS) is 44.0. The number of aliphatic carboxylic acids is 1. The van der Waals surface area contributed by atoms with Crippen LogP contribution in [0.1, 0.15) is 91.9 Å². The summed E-state index contributed by atoms with van der Waals surface area (Å²) in [4.78, 5) is 25.4. The summed E-state index contributed by atoms with van der Waals surface area (Å²) in [5, 5.41) is 150. The zero-order chi connectivity index (χ0) is 56.4. The average molecular weight is 1090 g/mol. The first-order valence-corrected chi connectivity index (χ1v) is 26.2. The van der Waals surface area contributed by atoms with E-state index in [2.05, 4.69) is 0 Å². The summed E-state index contributed by atoms with van der Waals surface area (Å²) < 4.78 is 35.0. The van der Waals surface area contributed by atoms with Crippen LogP contribution in [0.15, 0.2) is 72.9 Å². The van der Waals surface area contributed by atoms with Gasteiger partial charge in [-0.3, -0.25) is 9.59 Å². The first-order valence-electron chi connectivity index (χ1n) is 26.2. The Balaban J connectivity index is 1.56. The number of carbonyl (C=O) groups is 2. The zero-order valence-corrected chi connectivity index (χ0v) is 43.6. The highest BCUT2D eigenvalue weighted by Gasteiger charge is 2.52. The number of nitrogens with two attached hydrogens (primary N) is 1. The Hall–Kier alpha value is -3.38. The zero-order valence-electron chi connectivity index (χ0n) is 43.6. The van der Waals surface area contributed by atoms with Crippen molar-refractivity contribution in [3.8, 4) is 0 Å². The van der Waals surface area contributed by atoms with Crippen molar-refractivity contribution in [3.63, 3.8) is 0 Å². The number of fused-ring (bicyclic) bond motifs is 2. The molecule has 3 saturated heterocycles. The lowest BCUT2D eigenvalue weighted by molar-refractivity contribution is -0.345. The van der Waals surface area contributed by atoms with Gasteiger partial charge in [0.05, 0.1) is 80.1 Å². The van der Waals surface area contributed by atoms with Crippen LogP contribution in [-0.2, 0) is 38.0 Å². The summed E-state index contributed by atoms with van der Waals surface area (Å²) in [6.45, 7) is 5.98. The van der Waals surface area contributed by atoms with E-state index in [4.69, 9.17) is 34.2 Å². The van der Waals surface area contributed by atoms with Gasteiger partial charge in [0, 0.05) is 31.1 Å². The van der Waals surface area contributed by atoms with Gasteiger partial charge in [0.15, 0.2) is 18.4 Å². The predicted octanol–water partition coefficient (Wildman–Crippen LogP) is -1.24. The topological polar surface area (TPSA) is 399 Å². The van der Waals surface area contributed by atoms with Gasteiger partial charge in [-0.25, -0.2) is 0 Å². The fourth-order valence-corrected chi connectivity index (χ4v) is 9.64. The number of allylic oxidation sites excluding steroid dienone is 10. The highest BCUT2D eigenvalue weighted by atomic mass is 16.7.